The van der Waals surface area contributed by atoms with Crippen molar-refractivity contribution in [2.45, 2.75) is 25.8 Å². The van der Waals surface area contributed by atoms with Crippen molar-refractivity contribution < 1.29 is 0 Å². The van der Waals surface area contributed by atoms with Crippen LogP contribution in [0.4, 0.5) is 0 Å². The minimum Gasteiger partial charge on any atom is -0.306 e. The molecule has 0 amide bonds. The van der Waals surface area contributed by atoms with Gasteiger partial charge in [0.05, 0.1) is 12.1 Å². The van der Waals surface area contributed by atoms with E-state index in [4.69, 9.17) is 5.26 Å². The topological polar surface area (TPSA) is 30.3 Å². The molecule has 1 heterocycles. The summed E-state index contributed by atoms with van der Waals surface area (Å²) in [5.74, 6) is 0.784. The first-order valence-electron chi connectivity index (χ1n) is 5.42. The fraction of sp³-hybridized carbons (Fsp3) is 0.909. The van der Waals surface area contributed by atoms with E-state index in [0.29, 0.717) is 0 Å². The SMILES string of the molecule is CC(C#N)N(C)CC1CCN(C)CC1. The summed E-state index contributed by atoms with van der Waals surface area (Å²) in [5.41, 5.74) is 0. The maximum Gasteiger partial charge on any atom is 0.0946 e. The average molecular weight is 195 g/mol. The van der Waals surface area contributed by atoms with E-state index >= 15 is 0 Å². The van der Waals surface area contributed by atoms with Gasteiger partial charge in [0, 0.05) is 6.54 Å². The molecule has 3 heteroatoms. The standard InChI is InChI=1S/C11H21N3/c1-10(8-12)14(3)9-11-4-6-13(2)7-5-11/h10-11H,4-7,9H2,1-3H3. The van der Waals surface area contributed by atoms with Crippen LogP contribution in [-0.4, -0.2) is 49.6 Å². The van der Waals surface area contributed by atoms with Crippen LogP contribution in [-0.2, 0) is 0 Å². The summed E-state index contributed by atoms with van der Waals surface area (Å²) in [6, 6.07) is 2.33. The molecule has 1 saturated heterocycles. The number of nitrogens with zero attached hydrogens (tertiary/aromatic N) is 3. The van der Waals surface area contributed by atoms with Gasteiger partial charge in [0.1, 0.15) is 0 Å². The van der Waals surface area contributed by atoms with Crippen molar-refractivity contribution in [1.82, 2.24) is 9.80 Å². The molecule has 0 aromatic heterocycles. The lowest BCUT2D eigenvalue weighted by Gasteiger charge is -2.32. The quantitative estimate of drug-likeness (QED) is 0.677. The summed E-state index contributed by atoms with van der Waals surface area (Å²) >= 11 is 0. The number of rotatable bonds is 3. The van der Waals surface area contributed by atoms with Crippen LogP contribution >= 0.6 is 0 Å². The van der Waals surface area contributed by atoms with Crippen LogP contribution in [0.2, 0.25) is 0 Å². The van der Waals surface area contributed by atoms with Crippen LogP contribution in [0.5, 0.6) is 0 Å². The zero-order chi connectivity index (χ0) is 10.6. The van der Waals surface area contributed by atoms with Gasteiger partial charge >= 0.3 is 0 Å². The minimum absolute atomic E-state index is 0.0506. The van der Waals surface area contributed by atoms with E-state index in [-0.39, 0.29) is 6.04 Å². The van der Waals surface area contributed by atoms with Gasteiger partial charge in [-0.15, -0.1) is 0 Å². The third-order valence-corrected chi connectivity index (χ3v) is 3.23. The first kappa shape index (κ1) is 11.5. The van der Waals surface area contributed by atoms with Crippen molar-refractivity contribution in [3.8, 4) is 6.07 Å². The van der Waals surface area contributed by atoms with Gasteiger partial charge in [0.25, 0.3) is 0 Å². The van der Waals surface area contributed by atoms with E-state index in [2.05, 4.69) is 22.9 Å². The molecule has 0 saturated carbocycles. The first-order valence-corrected chi connectivity index (χ1v) is 5.42. The molecule has 3 nitrogen and oxygen atoms in total. The monoisotopic (exact) mass is 195 g/mol. The Balaban J connectivity index is 2.28. The second kappa shape index (κ2) is 5.33. The molecule has 0 N–H and O–H groups in total. The highest BCUT2D eigenvalue weighted by molar-refractivity contribution is 4.87. The molecule has 1 atom stereocenters. The molecule has 80 valence electrons. The number of nitriles is 1. The Morgan fingerprint density at radius 3 is 2.57 bits per heavy atom. The van der Waals surface area contributed by atoms with E-state index in [9.17, 15) is 0 Å². The average Bonchev–Trinajstić information content (AvgIpc) is 2.20. The third-order valence-electron chi connectivity index (χ3n) is 3.23. The molecule has 1 aliphatic heterocycles. The smallest absolute Gasteiger partial charge is 0.0946 e. The maximum absolute atomic E-state index is 8.78. The van der Waals surface area contributed by atoms with Crippen molar-refractivity contribution in [2.24, 2.45) is 5.92 Å². The Hall–Kier alpha value is -0.590. The summed E-state index contributed by atoms with van der Waals surface area (Å²) in [4.78, 5) is 4.54. The Kier molecular flexibility index (Phi) is 4.37. The molecule has 14 heavy (non-hydrogen) atoms. The molecule has 0 bridgehead atoms. The molecule has 1 aliphatic rings. The highest BCUT2D eigenvalue weighted by atomic mass is 15.1. The van der Waals surface area contributed by atoms with Crippen LogP contribution in [0.25, 0.3) is 0 Å². The normalized spacial score (nSPS) is 22.2. The summed E-state index contributed by atoms with van der Waals surface area (Å²) in [7, 11) is 4.23. The van der Waals surface area contributed by atoms with E-state index in [1.54, 1.807) is 0 Å². The molecule has 0 aliphatic carbocycles. The summed E-state index contributed by atoms with van der Waals surface area (Å²) < 4.78 is 0. The van der Waals surface area contributed by atoms with Crippen LogP contribution < -0.4 is 0 Å². The molecule has 0 aromatic rings. The lowest BCUT2D eigenvalue weighted by Crippen LogP contribution is -2.38. The van der Waals surface area contributed by atoms with E-state index in [0.717, 1.165) is 12.5 Å². The predicted octanol–water partition coefficient (Wildman–Crippen LogP) is 1.17. The van der Waals surface area contributed by atoms with E-state index < -0.39 is 0 Å². The van der Waals surface area contributed by atoms with Crippen molar-refractivity contribution in [3.05, 3.63) is 0 Å². The van der Waals surface area contributed by atoms with Crippen LogP contribution in [0.1, 0.15) is 19.8 Å². The van der Waals surface area contributed by atoms with Gasteiger partial charge in [-0.1, -0.05) is 0 Å². The number of likely N-dealkylation sites (tertiary alicyclic amines) is 1. The molecular formula is C11H21N3. The molecule has 0 aromatic carbocycles. The summed E-state index contributed by atoms with van der Waals surface area (Å²) in [6.45, 7) is 5.45. The van der Waals surface area contributed by atoms with Gasteiger partial charge in [-0.05, 0) is 52.9 Å². The fourth-order valence-electron chi connectivity index (χ4n) is 1.91. The second-order valence-corrected chi connectivity index (χ2v) is 4.49. The molecular weight excluding hydrogens is 174 g/mol. The molecule has 1 fully saturated rings. The summed E-state index contributed by atoms with van der Waals surface area (Å²) in [6.07, 6.45) is 2.55. The van der Waals surface area contributed by atoms with E-state index in [1.165, 1.54) is 25.9 Å². The molecule has 0 spiro atoms. The highest BCUT2D eigenvalue weighted by Gasteiger charge is 2.19. The zero-order valence-corrected chi connectivity index (χ0v) is 9.53. The van der Waals surface area contributed by atoms with Gasteiger partial charge in [-0.25, -0.2) is 0 Å². The first-order chi connectivity index (χ1) is 6.63. The Morgan fingerprint density at radius 1 is 1.50 bits per heavy atom. The number of hydrogen-bond acceptors (Lipinski definition) is 3. The van der Waals surface area contributed by atoms with Gasteiger partial charge in [-0.2, -0.15) is 5.26 Å². The van der Waals surface area contributed by atoms with Gasteiger partial charge < -0.3 is 4.90 Å². The predicted molar refractivity (Wildman–Crippen MR) is 57.9 cm³/mol. The Bertz CT molecular complexity index is 201. The minimum atomic E-state index is 0.0506. The van der Waals surface area contributed by atoms with Crippen molar-refractivity contribution >= 4 is 0 Å². The van der Waals surface area contributed by atoms with Crippen LogP contribution in [0, 0.1) is 17.2 Å². The zero-order valence-electron chi connectivity index (χ0n) is 9.53. The van der Waals surface area contributed by atoms with Gasteiger partial charge in [0.15, 0.2) is 0 Å². The number of piperidine rings is 1. The van der Waals surface area contributed by atoms with Gasteiger partial charge in [-0.3, -0.25) is 4.90 Å². The fourth-order valence-corrected chi connectivity index (χ4v) is 1.91. The van der Waals surface area contributed by atoms with Gasteiger partial charge in [0.2, 0.25) is 0 Å². The molecule has 1 unspecified atom stereocenters. The Labute approximate surface area is 87.3 Å². The van der Waals surface area contributed by atoms with Crippen molar-refractivity contribution in [1.29, 1.82) is 5.26 Å². The number of hydrogen-bond donors (Lipinski definition) is 0. The highest BCUT2D eigenvalue weighted by Crippen LogP contribution is 2.17. The van der Waals surface area contributed by atoms with Crippen molar-refractivity contribution in [3.63, 3.8) is 0 Å². The largest absolute Gasteiger partial charge is 0.306 e. The van der Waals surface area contributed by atoms with Crippen molar-refractivity contribution in [2.75, 3.05) is 33.7 Å². The Morgan fingerprint density at radius 2 is 2.07 bits per heavy atom. The summed E-state index contributed by atoms with van der Waals surface area (Å²) in [5, 5.41) is 8.78. The third kappa shape index (κ3) is 3.28. The lowest BCUT2D eigenvalue weighted by atomic mass is 9.96. The molecule has 1 rings (SSSR count). The lowest BCUT2D eigenvalue weighted by molar-refractivity contribution is 0.168. The second-order valence-electron chi connectivity index (χ2n) is 4.49. The van der Waals surface area contributed by atoms with Crippen LogP contribution in [0.15, 0.2) is 0 Å². The maximum atomic E-state index is 8.78. The van der Waals surface area contributed by atoms with Crippen LogP contribution in [0.3, 0.4) is 0 Å². The molecule has 0 radical (unpaired) electrons. The van der Waals surface area contributed by atoms with E-state index in [1.807, 2.05) is 14.0 Å².